The van der Waals surface area contributed by atoms with Gasteiger partial charge in [-0.1, -0.05) is 36.4 Å². The molecule has 0 atom stereocenters. The molecule has 8 nitrogen and oxygen atoms in total. The summed E-state index contributed by atoms with van der Waals surface area (Å²) in [5.74, 6) is 3.62. The van der Waals surface area contributed by atoms with Gasteiger partial charge in [-0.15, -0.1) is 0 Å². The Morgan fingerprint density at radius 3 is 2.02 bits per heavy atom. The highest BCUT2D eigenvalue weighted by atomic mass is 79.9. The van der Waals surface area contributed by atoms with E-state index in [0.717, 1.165) is 97.0 Å². The first kappa shape index (κ1) is 32.5. The molecule has 0 unspecified atom stereocenters. The van der Waals surface area contributed by atoms with E-state index in [1.807, 2.05) is 19.9 Å². The second kappa shape index (κ2) is 15.0. The topological polar surface area (TPSA) is 74.8 Å². The first-order valence-electron chi connectivity index (χ1n) is 17.4. The van der Waals surface area contributed by atoms with Crippen molar-refractivity contribution in [1.29, 1.82) is 0 Å². The van der Waals surface area contributed by atoms with Crippen LogP contribution in [0.25, 0.3) is 21.8 Å². The van der Waals surface area contributed by atoms with Gasteiger partial charge in [0.2, 0.25) is 0 Å². The summed E-state index contributed by atoms with van der Waals surface area (Å²) in [7, 11) is 0. The van der Waals surface area contributed by atoms with Crippen molar-refractivity contribution in [3.05, 3.63) is 88.9 Å². The van der Waals surface area contributed by atoms with E-state index in [4.69, 9.17) is 19.4 Å². The number of benzene rings is 3. The van der Waals surface area contributed by atoms with Crippen molar-refractivity contribution in [2.75, 3.05) is 54.9 Å². The fourth-order valence-electron chi connectivity index (χ4n) is 7.05. The number of anilines is 3. The number of aromatic nitrogens is 2. The smallest absolute Gasteiger partial charge is 0.137 e. The van der Waals surface area contributed by atoms with Crippen LogP contribution in [0, 0.1) is 0 Å². The molecule has 0 amide bonds. The summed E-state index contributed by atoms with van der Waals surface area (Å²) in [4.78, 5) is 15.0. The number of rotatable bonds is 11. The van der Waals surface area contributed by atoms with Crippen LogP contribution in [0.3, 0.4) is 0 Å². The van der Waals surface area contributed by atoms with Gasteiger partial charge in [-0.05, 0) is 97.4 Å². The predicted octanol–water partition coefficient (Wildman–Crippen LogP) is 8.50. The van der Waals surface area contributed by atoms with E-state index in [-0.39, 0.29) is 0 Å². The van der Waals surface area contributed by atoms with Crippen LogP contribution in [-0.4, -0.2) is 66.3 Å². The Labute approximate surface area is 292 Å². The monoisotopic (exact) mass is 708 g/mol. The van der Waals surface area contributed by atoms with Crippen LogP contribution in [0.1, 0.15) is 45.1 Å². The van der Waals surface area contributed by atoms with Crippen LogP contribution in [0.4, 0.5) is 17.3 Å². The van der Waals surface area contributed by atoms with Gasteiger partial charge in [0.05, 0.1) is 24.2 Å². The third kappa shape index (κ3) is 7.47. The summed E-state index contributed by atoms with van der Waals surface area (Å²) in [6.45, 7) is 10.2. The number of nitrogens with zero attached hydrogens (tertiary/aromatic N) is 4. The third-order valence-electron chi connectivity index (χ3n) is 9.49. The molecule has 2 N–H and O–H groups in total. The van der Waals surface area contributed by atoms with E-state index in [1.54, 1.807) is 0 Å². The summed E-state index contributed by atoms with van der Waals surface area (Å²) in [6, 6.07) is 28.4. The van der Waals surface area contributed by atoms with Gasteiger partial charge in [0.25, 0.3) is 0 Å². The number of pyridine rings is 2. The largest absolute Gasteiger partial charge is 0.493 e. The molecule has 250 valence electrons. The fourth-order valence-corrected chi connectivity index (χ4v) is 7.51. The number of halogens is 1. The van der Waals surface area contributed by atoms with Crippen molar-refractivity contribution in [2.24, 2.45) is 0 Å². The van der Waals surface area contributed by atoms with Gasteiger partial charge in [0.15, 0.2) is 0 Å². The maximum absolute atomic E-state index is 5.89. The van der Waals surface area contributed by atoms with Crippen LogP contribution in [-0.2, 0) is 6.54 Å². The molecule has 7 rings (SSSR count). The van der Waals surface area contributed by atoms with Crippen LogP contribution in [0.2, 0.25) is 0 Å². The van der Waals surface area contributed by atoms with Crippen LogP contribution < -0.4 is 25.0 Å². The molecule has 2 aliphatic rings. The Bertz CT molecular complexity index is 1830. The van der Waals surface area contributed by atoms with E-state index in [9.17, 15) is 0 Å². The Hall–Kier alpha value is -4.08. The minimum absolute atomic E-state index is 0.384. The van der Waals surface area contributed by atoms with Gasteiger partial charge < -0.3 is 25.0 Å². The van der Waals surface area contributed by atoms with E-state index in [0.29, 0.717) is 25.3 Å². The molecule has 0 bridgehead atoms. The molecule has 2 aliphatic heterocycles. The molecule has 2 fully saturated rings. The van der Waals surface area contributed by atoms with E-state index < -0.39 is 0 Å². The predicted molar refractivity (Wildman–Crippen MR) is 201 cm³/mol. The summed E-state index contributed by atoms with van der Waals surface area (Å²) < 4.78 is 12.7. The minimum Gasteiger partial charge on any atom is -0.493 e. The first-order chi connectivity index (χ1) is 23.6. The lowest BCUT2D eigenvalue weighted by Gasteiger charge is -2.35. The number of fused-ring (bicyclic) bond motifs is 2. The van der Waals surface area contributed by atoms with Crippen molar-refractivity contribution in [3.8, 4) is 11.5 Å². The SMILES string of the molecule is CCOc1cc(CN2CCC(Nc3cc(N4CCC(Nc5ccc6ccccc6n5)CC4)c4ccccc4n3)CC2)cc(OCC)c1Br. The average Bonchev–Trinajstić information content (AvgIpc) is 3.11. The third-order valence-corrected chi connectivity index (χ3v) is 10.3. The molecule has 3 aromatic carbocycles. The Morgan fingerprint density at radius 1 is 0.708 bits per heavy atom. The molecular formula is C39H45BrN6O2. The standard InChI is InChI=1S/C39H45BrN6O2/c1-3-47-35-23-27(24-36(39(35)40)48-4-2)26-45-19-15-29(16-20-45)42-38-25-34(31-10-6-8-12-33(31)44-38)46-21-17-30(18-22-46)41-37-14-13-28-9-5-7-11-32(28)43-37/h5-14,23-25,29-30H,3-4,15-22,26H2,1-2H3,(H,41,43)(H,42,44). The maximum Gasteiger partial charge on any atom is 0.137 e. The number of ether oxygens (including phenoxy) is 2. The normalized spacial score (nSPS) is 16.4. The number of nitrogens with one attached hydrogen (secondary N) is 2. The van der Waals surface area contributed by atoms with Crippen molar-refractivity contribution < 1.29 is 9.47 Å². The summed E-state index contributed by atoms with van der Waals surface area (Å²) in [5, 5.41) is 9.91. The summed E-state index contributed by atoms with van der Waals surface area (Å²) >= 11 is 3.66. The van der Waals surface area contributed by atoms with Crippen molar-refractivity contribution in [1.82, 2.24) is 14.9 Å². The Kier molecular flexibility index (Phi) is 10.1. The van der Waals surface area contributed by atoms with E-state index in [2.05, 4.69) is 109 Å². The molecule has 5 aromatic rings. The lowest BCUT2D eigenvalue weighted by Crippen LogP contribution is -2.40. The van der Waals surface area contributed by atoms with Crippen LogP contribution in [0.5, 0.6) is 11.5 Å². The summed E-state index contributed by atoms with van der Waals surface area (Å²) in [5.41, 5.74) is 4.56. The Morgan fingerprint density at radius 2 is 1.31 bits per heavy atom. The molecule has 0 spiro atoms. The molecule has 48 heavy (non-hydrogen) atoms. The van der Waals surface area contributed by atoms with Crippen LogP contribution in [0.15, 0.2) is 83.3 Å². The van der Waals surface area contributed by atoms with Crippen molar-refractivity contribution in [3.63, 3.8) is 0 Å². The number of para-hydroxylation sites is 2. The average molecular weight is 710 g/mol. The molecule has 4 heterocycles. The van der Waals surface area contributed by atoms with E-state index in [1.165, 1.54) is 22.0 Å². The quantitative estimate of drug-likeness (QED) is 0.142. The van der Waals surface area contributed by atoms with Gasteiger partial charge in [0, 0.05) is 67.3 Å². The molecule has 0 aliphatic carbocycles. The maximum atomic E-state index is 5.89. The lowest BCUT2D eigenvalue weighted by molar-refractivity contribution is 0.210. The zero-order chi connectivity index (χ0) is 32.9. The zero-order valence-corrected chi connectivity index (χ0v) is 29.5. The Balaban J connectivity index is 0.981. The van der Waals surface area contributed by atoms with Gasteiger partial charge in [-0.25, -0.2) is 9.97 Å². The van der Waals surface area contributed by atoms with Crippen molar-refractivity contribution in [2.45, 2.75) is 58.2 Å². The van der Waals surface area contributed by atoms with E-state index >= 15 is 0 Å². The molecule has 2 aromatic heterocycles. The molecule has 0 radical (unpaired) electrons. The lowest BCUT2D eigenvalue weighted by atomic mass is 10.0. The molecule has 9 heteroatoms. The molecule has 0 saturated carbocycles. The number of hydrogen-bond donors (Lipinski definition) is 2. The highest BCUT2D eigenvalue weighted by Gasteiger charge is 2.24. The first-order valence-corrected chi connectivity index (χ1v) is 18.2. The molecular weight excluding hydrogens is 664 g/mol. The second-order valence-electron chi connectivity index (χ2n) is 12.8. The van der Waals surface area contributed by atoms with Crippen molar-refractivity contribution >= 4 is 55.1 Å². The zero-order valence-electron chi connectivity index (χ0n) is 27.9. The van der Waals surface area contributed by atoms with Gasteiger partial charge >= 0.3 is 0 Å². The number of hydrogen-bond acceptors (Lipinski definition) is 8. The second-order valence-corrected chi connectivity index (χ2v) is 13.6. The number of piperidine rings is 2. The highest BCUT2D eigenvalue weighted by Crippen LogP contribution is 2.37. The van der Waals surface area contributed by atoms with Crippen LogP contribution >= 0.6 is 15.9 Å². The number of likely N-dealkylation sites (tertiary alicyclic amines) is 1. The minimum atomic E-state index is 0.384. The van der Waals surface area contributed by atoms with Gasteiger partial charge in [-0.3, -0.25) is 4.90 Å². The van der Waals surface area contributed by atoms with Gasteiger partial charge in [0.1, 0.15) is 27.6 Å². The van der Waals surface area contributed by atoms with Gasteiger partial charge in [-0.2, -0.15) is 0 Å². The highest BCUT2D eigenvalue weighted by molar-refractivity contribution is 9.10. The fraction of sp³-hybridized carbons (Fsp3) is 0.385. The molecule has 2 saturated heterocycles. The summed E-state index contributed by atoms with van der Waals surface area (Å²) in [6.07, 6.45) is 4.25.